The summed E-state index contributed by atoms with van der Waals surface area (Å²) in [5.74, 6) is -0.0824. The Bertz CT molecular complexity index is 2650. The molecule has 3 saturated carbocycles. The summed E-state index contributed by atoms with van der Waals surface area (Å²) in [7, 11) is -4.06. The number of Topliss-reactive ketones (excluding diaryl/α,β-unsaturated/α-hetero) is 1. The molecule has 6 heterocycles. The zero-order chi connectivity index (χ0) is 65.0. The molecule has 0 bridgehead atoms. The van der Waals surface area contributed by atoms with Gasteiger partial charge in [0.15, 0.2) is 31.5 Å². The Kier molecular flexibility index (Phi) is 20.5. The van der Waals surface area contributed by atoms with Crippen LogP contribution in [0.5, 0.6) is 0 Å². The van der Waals surface area contributed by atoms with Crippen LogP contribution in [0.1, 0.15) is 113 Å². The molecule has 6 saturated heterocycles. The molecule has 0 aromatic carbocycles. The largest absolute Gasteiger partial charge is 0.458 e. The topological polar surface area (TPSA) is 431 Å². The summed E-state index contributed by atoms with van der Waals surface area (Å²) in [4.78, 5) is 27.8. The number of aliphatic hydroxyl groups excluding tert-OH is 11. The van der Waals surface area contributed by atoms with Crippen LogP contribution in [-0.2, 0) is 81.0 Å². The fourth-order valence-electron chi connectivity index (χ4n) is 17.6. The van der Waals surface area contributed by atoms with Crippen LogP contribution < -0.4 is 0 Å². The zero-order valence-corrected chi connectivity index (χ0v) is 52.5. The molecule has 10 aliphatic rings. The molecule has 89 heavy (non-hydrogen) atoms. The highest BCUT2D eigenvalue weighted by Gasteiger charge is 2.76. The van der Waals surface area contributed by atoms with Crippen LogP contribution in [0, 0.1) is 45.3 Å². The van der Waals surface area contributed by atoms with E-state index in [-0.39, 0.29) is 47.3 Å². The number of hydrogen-bond donors (Lipinski definition) is 12. The van der Waals surface area contributed by atoms with E-state index in [0.29, 0.717) is 38.5 Å². The van der Waals surface area contributed by atoms with Gasteiger partial charge in [-0.1, -0.05) is 53.2 Å². The number of cyclic esters (lactones) is 1. The Morgan fingerprint density at radius 2 is 1.26 bits per heavy atom. The Balaban J connectivity index is 0.914. The van der Waals surface area contributed by atoms with Crippen LogP contribution in [0.2, 0.25) is 0 Å². The number of esters is 1. The molecule has 31 atom stereocenters. The highest BCUT2D eigenvalue weighted by Crippen LogP contribution is 2.76. The van der Waals surface area contributed by atoms with Gasteiger partial charge in [-0.3, -0.25) is 14.1 Å². The van der Waals surface area contributed by atoms with Crippen LogP contribution in [0.15, 0.2) is 11.6 Å². The number of carbonyl (C=O) groups excluding carboxylic acids is 2. The summed E-state index contributed by atoms with van der Waals surface area (Å²) in [6, 6.07) is 0. The highest BCUT2D eigenvalue weighted by molar-refractivity contribution is 7.80. The number of fused-ring (bicyclic) bond motifs is 4. The lowest BCUT2D eigenvalue weighted by Gasteiger charge is -2.64. The van der Waals surface area contributed by atoms with E-state index in [1.165, 1.54) is 19.6 Å². The number of allylic oxidation sites excluding steroid dienone is 2. The monoisotopic (exact) mass is 1300 g/mol. The molecule has 6 aliphatic heterocycles. The van der Waals surface area contributed by atoms with E-state index >= 15 is 0 Å². The van der Waals surface area contributed by atoms with Gasteiger partial charge in [0.05, 0.1) is 44.1 Å². The van der Waals surface area contributed by atoms with Gasteiger partial charge in [-0.25, -0.2) is 4.18 Å². The second kappa shape index (κ2) is 26.1. The molecule has 9 fully saturated rings. The van der Waals surface area contributed by atoms with Crippen molar-refractivity contribution in [1.29, 1.82) is 0 Å². The summed E-state index contributed by atoms with van der Waals surface area (Å²) in [5, 5.41) is 122. The Hall–Kier alpha value is -2.13. The maximum Gasteiger partial charge on any atom is 0.397 e. The number of ether oxygens (including phenoxy) is 12. The number of hydrogen-bond acceptors (Lipinski definition) is 28. The summed E-state index contributed by atoms with van der Waals surface area (Å²) >= 11 is 0. The van der Waals surface area contributed by atoms with E-state index in [1.54, 1.807) is 0 Å². The number of aliphatic hydroxyl groups is 11. The predicted octanol–water partition coefficient (Wildman–Crippen LogP) is -1.84. The third kappa shape index (κ3) is 12.4. The van der Waals surface area contributed by atoms with Crippen molar-refractivity contribution >= 4 is 22.2 Å². The van der Waals surface area contributed by atoms with Crippen molar-refractivity contribution in [3.05, 3.63) is 11.6 Å². The van der Waals surface area contributed by atoms with E-state index in [9.17, 15) is 78.7 Å². The summed E-state index contributed by atoms with van der Waals surface area (Å²) in [5.41, 5.74) is -1.98. The lowest BCUT2D eigenvalue weighted by molar-refractivity contribution is -0.405. The van der Waals surface area contributed by atoms with Crippen molar-refractivity contribution in [2.75, 3.05) is 33.5 Å². The van der Waals surface area contributed by atoms with Gasteiger partial charge in [0.1, 0.15) is 115 Å². The molecule has 3 unspecified atom stereocenters. The van der Waals surface area contributed by atoms with Crippen molar-refractivity contribution in [3.63, 3.8) is 0 Å². The maximum atomic E-state index is 14.5. The van der Waals surface area contributed by atoms with Crippen molar-refractivity contribution < 1.29 is 140 Å². The van der Waals surface area contributed by atoms with Gasteiger partial charge in [-0.15, -0.1) is 0 Å². The second-order valence-corrected chi connectivity index (χ2v) is 29.2. The van der Waals surface area contributed by atoms with Gasteiger partial charge in [0.2, 0.25) is 0 Å². The van der Waals surface area contributed by atoms with E-state index < -0.39 is 206 Å². The molecule has 0 aromatic rings. The minimum Gasteiger partial charge on any atom is -0.458 e. The Morgan fingerprint density at radius 3 is 1.91 bits per heavy atom. The smallest absolute Gasteiger partial charge is 0.397 e. The van der Waals surface area contributed by atoms with E-state index in [0.717, 1.165) is 12.8 Å². The van der Waals surface area contributed by atoms with Gasteiger partial charge >= 0.3 is 16.4 Å². The van der Waals surface area contributed by atoms with Gasteiger partial charge in [0, 0.05) is 31.3 Å². The highest BCUT2D eigenvalue weighted by atomic mass is 32.3. The molecule has 30 heteroatoms. The summed E-state index contributed by atoms with van der Waals surface area (Å²) in [6.07, 6.45) is -34.3. The normalized spacial score (nSPS) is 50.7. The summed E-state index contributed by atoms with van der Waals surface area (Å²) in [6.45, 7) is 13.1. The van der Waals surface area contributed by atoms with Crippen molar-refractivity contribution in [1.82, 2.24) is 0 Å². The Labute approximate surface area is 517 Å². The van der Waals surface area contributed by atoms with Crippen LogP contribution in [0.25, 0.3) is 0 Å². The zero-order valence-electron chi connectivity index (χ0n) is 51.7. The molecule has 29 nitrogen and oxygen atoms in total. The van der Waals surface area contributed by atoms with Crippen LogP contribution >= 0.6 is 0 Å². The van der Waals surface area contributed by atoms with Gasteiger partial charge < -0.3 is 113 Å². The quantitative estimate of drug-likeness (QED) is 0.0384. The first-order valence-electron chi connectivity index (χ1n) is 31.2. The van der Waals surface area contributed by atoms with Gasteiger partial charge in [-0.2, -0.15) is 8.42 Å². The number of rotatable bonds is 19. The van der Waals surface area contributed by atoms with Crippen LogP contribution in [0.4, 0.5) is 0 Å². The van der Waals surface area contributed by atoms with Crippen molar-refractivity contribution in [2.24, 2.45) is 45.3 Å². The third-order valence-corrected chi connectivity index (χ3v) is 22.5. The fraction of sp³-hybridized carbons (Fsp3) is 0.932. The molecular weight excluding hydrogens is 1200 g/mol. The molecule has 10 rings (SSSR count). The van der Waals surface area contributed by atoms with Crippen LogP contribution in [-0.4, -0.2) is 267 Å². The lowest BCUT2D eigenvalue weighted by atomic mass is 9.41. The van der Waals surface area contributed by atoms with E-state index in [2.05, 4.69) is 33.8 Å². The van der Waals surface area contributed by atoms with E-state index in [1.807, 2.05) is 20.8 Å². The first-order valence-corrected chi connectivity index (χ1v) is 32.5. The number of carbonyl (C=O) groups is 2. The molecule has 0 radical (unpaired) electrons. The molecule has 510 valence electrons. The van der Waals surface area contributed by atoms with E-state index in [4.69, 9.17) is 61.0 Å². The fourth-order valence-corrected chi connectivity index (χ4v) is 18.0. The third-order valence-electron chi connectivity index (χ3n) is 22.0. The molecule has 4 aliphatic carbocycles. The first-order chi connectivity index (χ1) is 41.7. The lowest BCUT2D eigenvalue weighted by Crippen LogP contribution is -2.68. The second-order valence-electron chi connectivity index (χ2n) is 28.2. The molecular formula is C59H94O29S. The SMILES string of the molecule is CO[C@@H]1[C@@H](O)[C@H](O[C@@H]2[C@@H](O)[C@H](O[C@H]3[C@H](O)[C@@H](O[C@@H]4O[C@H](CO)[C@@H](O)[C@H](O)[C@H]4O)[C@H](O[C@H]4[C@H](O[C@H]5CC[C@]6(C)C7CC[C@]89C(=O)O[C@@](C)(CC(=O)CC(C)C)C8CC[C@@]9(C)C7=CCC6C5(C)C)OC[C@@H](OS(=O)(=O)O)[C@@H]4O)O[C@@H]3C)O[C@H](CO)[C@H]2O)OC[C@H]1O. The minimum atomic E-state index is -5.28. The van der Waals surface area contributed by atoms with Gasteiger partial charge in [0.25, 0.3) is 0 Å². The standard InChI is InChI=1S/C59H94O29S/c1-24(2)18-26(62)19-58(8)34-13-16-57(7)28-10-11-33-55(4,5)35(14-15-56(33,6)27(28)12-17-59(34,57)54(72)87-58)82-52-47(38(66)32(23-78-52)88-89(73,74)75)86-53-48(85-50-40(68)39(67)36(64)30(20-60)80-50)41(69)44(25(3)79-53)83-51-43(71)46(37(65)31(21-61)81-51)84-49-42(70)45(76-9)29(63)22-77-49/h10,24-25,27,29-53,60-61,63-71H,11-23H2,1-9H3,(H,73,74,75)/t25-,27?,29-,30-,31-,32-,33?,34?,35+,36-,37-,38+,39+,40-,41+,42-,43-,44-,45+,46+,47-,48-,49+,50+,51+,52+,53+,56-,57+,58+,59-/m1/s1. The van der Waals surface area contributed by atoms with Crippen molar-refractivity contribution in [2.45, 2.75) is 266 Å². The predicted molar refractivity (Wildman–Crippen MR) is 298 cm³/mol. The van der Waals surface area contributed by atoms with Crippen LogP contribution in [0.3, 0.4) is 0 Å². The molecule has 0 amide bonds. The molecule has 1 spiro atoms. The van der Waals surface area contributed by atoms with Gasteiger partial charge in [-0.05, 0) is 87.4 Å². The summed E-state index contributed by atoms with van der Waals surface area (Å²) < 4.78 is 112. The Morgan fingerprint density at radius 1 is 0.652 bits per heavy atom. The number of ketones is 1. The maximum absolute atomic E-state index is 14.5. The minimum absolute atomic E-state index is 0.0464. The average molecular weight is 1300 g/mol. The molecule has 0 aromatic heterocycles. The number of methoxy groups -OCH3 is 1. The molecule has 12 N–H and O–H groups in total. The average Bonchev–Trinajstić information content (AvgIpc) is 1.55. The van der Waals surface area contributed by atoms with Crippen molar-refractivity contribution in [3.8, 4) is 0 Å². The first kappa shape index (κ1) is 69.7.